The van der Waals surface area contributed by atoms with Crippen LogP contribution in [0.5, 0.6) is 0 Å². The van der Waals surface area contributed by atoms with Crippen LogP contribution in [0.4, 0.5) is 0 Å². The van der Waals surface area contributed by atoms with Crippen LogP contribution in [0.3, 0.4) is 0 Å². The molecule has 9 heteroatoms. The van der Waals surface area contributed by atoms with Crippen LogP contribution in [0.15, 0.2) is 60.7 Å². The van der Waals surface area contributed by atoms with Crippen LogP contribution in [-0.4, -0.2) is 53.0 Å². The topological polar surface area (TPSA) is 151 Å². The smallest absolute Gasteiger partial charge is 0.326 e. The van der Waals surface area contributed by atoms with E-state index in [-0.39, 0.29) is 12.8 Å². The van der Waals surface area contributed by atoms with E-state index in [4.69, 9.17) is 5.73 Å². The van der Waals surface area contributed by atoms with Gasteiger partial charge in [-0.1, -0.05) is 60.7 Å². The third kappa shape index (κ3) is 8.38. The molecule has 2 aromatic carbocycles. The zero-order valence-electron chi connectivity index (χ0n) is 18.7. The molecule has 6 N–H and O–H groups in total. The first-order valence-electron chi connectivity index (χ1n) is 10.6. The van der Waals surface area contributed by atoms with Gasteiger partial charge in [0.1, 0.15) is 18.1 Å². The van der Waals surface area contributed by atoms with Crippen molar-refractivity contribution in [3.8, 4) is 0 Å². The predicted octanol–water partition coefficient (Wildman–Crippen LogP) is 0.378. The summed E-state index contributed by atoms with van der Waals surface area (Å²) >= 11 is 0. The molecule has 0 heterocycles. The molecule has 4 atom stereocenters. The Morgan fingerprint density at radius 3 is 1.64 bits per heavy atom. The monoisotopic (exact) mass is 454 g/mol. The number of rotatable bonds is 11. The minimum Gasteiger partial charge on any atom is -0.480 e. The third-order valence-electron chi connectivity index (χ3n) is 4.98. The van der Waals surface area contributed by atoms with E-state index in [1.807, 2.05) is 12.1 Å². The molecule has 0 fully saturated rings. The molecule has 0 aliphatic rings. The van der Waals surface area contributed by atoms with Crippen LogP contribution in [0.1, 0.15) is 25.0 Å². The van der Waals surface area contributed by atoms with Gasteiger partial charge in [0.15, 0.2) is 0 Å². The van der Waals surface area contributed by atoms with E-state index in [9.17, 15) is 24.3 Å². The molecule has 0 aliphatic carbocycles. The molecule has 0 saturated heterocycles. The highest BCUT2D eigenvalue weighted by molar-refractivity contribution is 5.94. The largest absolute Gasteiger partial charge is 0.480 e. The van der Waals surface area contributed by atoms with E-state index in [1.165, 1.54) is 13.8 Å². The standard InChI is InChI=1S/C24H30N4O5/c1-15(25)21(29)26-16(2)22(30)27-19(13-17-9-5-3-6-10-17)23(31)28-20(24(32)33)14-18-11-7-4-8-12-18/h3-12,15-16,19-20H,13-14,25H2,1-2H3,(H,26,29)(H,27,30)(H,28,31)(H,32,33)/t15-,16-,19-,20-/m0/s1. The number of carbonyl (C=O) groups is 4. The lowest BCUT2D eigenvalue weighted by atomic mass is 10.0. The van der Waals surface area contributed by atoms with Crippen molar-refractivity contribution in [2.24, 2.45) is 5.73 Å². The Labute approximate surface area is 192 Å². The zero-order chi connectivity index (χ0) is 24.4. The van der Waals surface area contributed by atoms with Crippen LogP contribution < -0.4 is 21.7 Å². The summed E-state index contributed by atoms with van der Waals surface area (Å²) in [5.74, 6) is -2.92. The number of carboxylic acid groups (broad SMARTS) is 1. The summed E-state index contributed by atoms with van der Waals surface area (Å²) in [6.45, 7) is 2.97. The molecule has 3 amide bonds. The molecule has 9 nitrogen and oxygen atoms in total. The average molecular weight is 455 g/mol. The molecule has 0 aliphatic heterocycles. The van der Waals surface area contributed by atoms with Crippen molar-refractivity contribution in [2.75, 3.05) is 0 Å². The molecule has 0 saturated carbocycles. The number of benzene rings is 2. The summed E-state index contributed by atoms with van der Waals surface area (Å²) in [5.41, 5.74) is 7.05. The van der Waals surface area contributed by atoms with Gasteiger partial charge >= 0.3 is 5.97 Å². The van der Waals surface area contributed by atoms with Gasteiger partial charge in [-0.15, -0.1) is 0 Å². The highest BCUT2D eigenvalue weighted by atomic mass is 16.4. The predicted molar refractivity (Wildman–Crippen MR) is 123 cm³/mol. The van der Waals surface area contributed by atoms with E-state index in [0.717, 1.165) is 11.1 Å². The van der Waals surface area contributed by atoms with E-state index in [0.29, 0.717) is 0 Å². The second-order valence-corrected chi connectivity index (χ2v) is 7.86. The van der Waals surface area contributed by atoms with Crippen LogP contribution >= 0.6 is 0 Å². The summed E-state index contributed by atoms with van der Waals surface area (Å²) in [7, 11) is 0. The van der Waals surface area contributed by atoms with Crippen LogP contribution in [-0.2, 0) is 32.0 Å². The fourth-order valence-corrected chi connectivity index (χ4v) is 3.09. The molecular formula is C24H30N4O5. The van der Waals surface area contributed by atoms with Gasteiger partial charge in [0.2, 0.25) is 17.7 Å². The van der Waals surface area contributed by atoms with Crippen molar-refractivity contribution in [1.82, 2.24) is 16.0 Å². The molecule has 0 unspecified atom stereocenters. The molecule has 0 radical (unpaired) electrons. The van der Waals surface area contributed by atoms with Crippen LogP contribution in [0.2, 0.25) is 0 Å². The second-order valence-electron chi connectivity index (χ2n) is 7.86. The number of hydrogen-bond acceptors (Lipinski definition) is 5. The Morgan fingerprint density at radius 1 is 0.727 bits per heavy atom. The maximum absolute atomic E-state index is 13.0. The summed E-state index contributed by atoms with van der Waals surface area (Å²) < 4.78 is 0. The zero-order valence-corrected chi connectivity index (χ0v) is 18.7. The highest BCUT2D eigenvalue weighted by Crippen LogP contribution is 2.07. The van der Waals surface area contributed by atoms with Gasteiger partial charge in [-0.3, -0.25) is 14.4 Å². The molecule has 176 valence electrons. The molecule has 2 aromatic rings. The summed E-state index contributed by atoms with van der Waals surface area (Å²) in [4.78, 5) is 49.3. The summed E-state index contributed by atoms with van der Waals surface area (Å²) in [6.07, 6.45) is 0.235. The average Bonchev–Trinajstić information content (AvgIpc) is 2.79. The van der Waals surface area contributed by atoms with E-state index in [2.05, 4.69) is 16.0 Å². The van der Waals surface area contributed by atoms with Gasteiger partial charge in [-0.2, -0.15) is 0 Å². The number of aliphatic carboxylic acids is 1. The van der Waals surface area contributed by atoms with Crippen LogP contribution in [0, 0.1) is 0 Å². The lowest BCUT2D eigenvalue weighted by Gasteiger charge is -2.24. The lowest BCUT2D eigenvalue weighted by molar-refractivity contribution is -0.142. The maximum atomic E-state index is 13.0. The Morgan fingerprint density at radius 2 is 1.18 bits per heavy atom. The van der Waals surface area contributed by atoms with E-state index in [1.54, 1.807) is 48.5 Å². The molecule has 0 bridgehead atoms. The first-order valence-corrected chi connectivity index (χ1v) is 10.6. The van der Waals surface area contributed by atoms with E-state index >= 15 is 0 Å². The number of hydrogen-bond donors (Lipinski definition) is 5. The van der Waals surface area contributed by atoms with E-state index < -0.39 is 47.9 Å². The highest BCUT2D eigenvalue weighted by Gasteiger charge is 2.28. The minimum absolute atomic E-state index is 0.0920. The first-order chi connectivity index (χ1) is 15.7. The SMILES string of the molecule is C[C@H](N)C(=O)N[C@@H](C)C(=O)N[C@@H](Cc1ccccc1)C(=O)N[C@@H](Cc1ccccc1)C(=O)O. The normalized spacial score (nSPS) is 14.3. The Balaban J connectivity index is 2.15. The molecular weight excluding hydrogens is 424 g/mol. The lowest BCUT2D eigenvalue weighted by Crippen LogP contribution is -2.57. The Hall–Kier alpha value is -3.72. The van der Waals surface area contributed by atoms with Gasteiger partial charge in [-0.25, -0.2) is 4.79 Å². The number of carboxylic acids is 1. The molecule has 0 spiro atoms. The quantitative estimate of drug-likeness (QED) is 0.331. The molecule has 33 heavy (non-hydrogen) atoms. The third-order valence-corrected chi connectivity index (χ3v) is 4.98. The van der Waals surface area contributed by atoms with Gasteiger partial charge in [0.25, 0.3) is 0 Å². The van der Waals surface area contributed by atoms with Gasteiger partial charge < -0.3 is 26.8 Å². The van der Waals surface area contributed by atoms with Crippen LogP contribution in [0.25, 0.3) is 0 Å². The van der Waals surface area contributed by atoms with Crippen molar-refractivity contribution in [3.05, 3.63) is 71.8 Å². The van der Waals surface area contributed by atoms with Gasteiger partial charge in [-0.05, 0) is 25.0 Å². The fraction of sp³-hybridized carbons (Fsp3) is 0.333. The Kier molecular flexibility index (Phi) is 9.56. The van der Waals surface area contributed by atoms with Crippen molar-refractivity contribution in [1.29, 1.82) is 0 Å². The maximum Gasteiger partial charge on any atom is 0.326 e. The molecule has 0 aromatic heterocycles. The van der Waals surface area contributed by atoms with Crippen molar-refractivity contribution < 1.29 is 24.3 Å². The first kappa shape index (κ1) is 25.5. The Bertz CT molecular complexity index is 950. The summed E-state index contributed by atoms with van der Waals surface area (Å²) in [6, 6.07) is 14.0. The van der Waals surface area contributed by atoms with Gasteiger partial charge in [0, 0.05) is 12.8 Å². The van der Waals surface area contributed by atoms with Crippen molar-refractivity contribution in [3.63, 3.8) is 0 Å². The number of carbonyl (C=O) groups excluding carboxylic acids is 3. The second kappa shape index (κ2) is 12.4. The minimum atomic E-state index is -1.19. The van der Waals surface area contributed by atoms with Gasteiger partial charge in [0.05, 0.1) is 6.04 Å². The fourth-order valence-electron chi connectivity index (χ4n) is 3.09. The molecule has 2 rings (SSSR count). The number of nitrogens with one attached hydrogen (secondary N) is 3. The number of amides is 3. The number of nitrogens with two attached hydrogens (primary N) is 1. The summed E-state index contributed by atoms with van der Waals surface area (Å²) in [5, 5.41) is 17.2. The van der Waals surface area contributed by atoms with Crippen molar-refractivity contribution in [2.45, 2.75) is 50.9 Å². The van der Waals surface area contributed by atoms with Crippen molar-refractivity contribution >= 4 is 23.7 Å².